The summed E-state index contributed by atoms with van der Waals surface area (Å²) in [6.45, 7) is 7.53. The summed E-state index contributed by atoms with van der Waals surface area (Å²) in [5.74, 6) is 1.07. The molecule has 1 saturated carbocycles. The number of rotatable bonds is 3. The van der Waals surface area contributed by atoms with Crippen LogP contribution >= 0.6 is 0 Å². The lowest BCUT2D eigenvalue weighted by molar-refractivity contribution is -0.138. The molecule has 3 rings (SSSR count). The SMILES string of the molecule is Cc1cc(C(F)(F)F)c(CC[C@@H]2C[C@H]3C[C@H]3CN2C(=O)OC(C)(C)C)nn1. The van der Waals surface area contributed by atoms with Gasteiger partial charge in [0.1, 0.15) is 5.60 Å². The van der Waals surface area contributed by atoms with Crippen molar-refractivity contribution in [2.75, 3.05) is 6.54 Å². The third-order valence-corrected chi connectivity index (χ3v) is 5.16. The molecule has 1 saturated heterocycles. The molecule has 1 amide bonds. The largest absolute Gasteiger partial charge is 0.444 e. The van der Waals surface area contributed by atoms with Crippen molar-refractivity contribution in [2.45, 2.75) is 71.2 Å². The summed E-state index contributed by atoms with van der Waals surface area (Å²) in [5.41, 5.74) is -1.16. The van der Waals surface area contributed by atoms with E-state index in [1.807, 2.05) is 0 Å². The number of carbonyl (C=O) groups is 1. The second kappa shape index (κ2) is 6.95. The molecule has 27 heavy (non-hydrogen) atoms. The standard InChI is InChI=1S/C19H26F3N3O2/c1-11-7-15(19(20,21)22)16(24-23-11)6-5-14-9-12-8-13(12)10-25(14)17(26)27-18(2,3)4/h7,12-14H,5-6,8-10H2,1-4H3/t12-,13+,14-/m1/s1. The number of fused-ring (bicyclic) bond motifs is 1. The average Bonchev–Trinajstić information content (AvgIpc) is 3.28. The predicted octanol–water partition coefficient (Wildman–Crippen LogP) is 4.38. The van der Waals surface area contributed by atoms with Gasteiger partial charge in [0.2, 0.25) is 0 Å². The summed E-state index contributed by atoms with van der Waals surface area (Å²) in [5, 5.41) is 7.57. The highest BCUT2D eigenvalue weighted by Crippen LogP contribution is 2.48. The number of nitrogens with zero attached hydrogens (tertiary/aromatic N) is 3. The third-order valence-electron chi connectivity index (χ3n) is 5.16. The molecule has 0 bridgehead atoms. The zero-order valence-electron chi connectivity index (χ0n) is 16.1. The molecule has 1 aromatic rings. The molecule has 5 nitrogen and oxygen atoms in total. The van der Waals surface area contributed by atoms with Crippen LogP contribution in [-0.2, 0) is 17.3 Å². The lowest BCUT2D eigenvalue weighted by Crippen LogP contribution is -2.47. The molecule has 150 valence electrons. The molecule has 2 aliphatic rings. The number of aromatic nitrogens is 2. The molecular weight excluding hydrogens is 359 g/mol. The predicted molar refractivity (Wildman–Crippen MR) is 93.0 cm³/mol. The fourth-order valence-electron chi connectivity index (χ4n) is 3.77. The number of halogens is 3. The van der Waals surface area contributed by atoms with E-state index in [0.717, 1.165) is 18.9 Å². The molecule has 0 radical (unpaired) electrons. The molecule has 1 aromatic heterocycles. The summed E-state index contributed by atoms with van der Waals surface area (Å²) in [6.07, 6.45) is -2.41. The van der Waals surface area contributed by atoms with E-state index in [2.05, 4.69) is 10.2 Å². The summed E-state index contributed by atoms with van der Waals surface area (Å²) in [7, 11) is 0. The van der Waals surface area contributed by atoms with Gasteiger partial charge < -0.3 is 9.64 Å². The molecule has 8 heteroatoms. The van der Waals surface area contributed by atoms with Gasteiger partial charge in [-0.15, -0.1) is 0 Å². The fourth-order valence-corrected chi connectivity index (χ4v) is 3.77. The Kier molecular flexibility index (Phi) is 5.12. The number of carbonyl (C=O) groups excluding carboxylic acids is 1. The Hall–Kier alpha value is -1.86. The molecule has 0 aromatic carbocycles. The number of aryl methyl sites for hydroxylation is 2. The highest BCUT2D eigenvalue weighted by Gasteiger charge is 2.47. The Labute approximate surface area is 157 Å². The molecule has 0 N–H and O–H groups in total. The number of likely N-dealkylation sites (tertiary alicyclic amines) is 1. The first-order chi connectivity index (χ1) is 12.4. The van der Waals surface area contributed by atoms with E-state index in [1.54, 1.807) is 25.7 Å². The number of piperidine rings is 1. The molecule has 0 spiro atoms. The van der Waals surface area contributed by atoms with Gasteiger partial charge >= 0.3 is 12.3 Å². The minimum absolute atomic E-state index is 0.0600. The van der Waals surface area contributed by atoms with Crippen molar-refractivity contribution >= 4 is 6.09 Å². The van der Waals surface area contributed by atoms with Gasteiger partial charge in [-0.1, -0.05) is 0 Å². The quantitative estimate of drug-likeness (QED) is 0.775. The highest BCUT2D eigenvalue weighted by molar-refractivity contribution is 5.69. The Morgan fingerprint density at radius 2 is 1.93 bits per heavy atom. The number of ether oxygens (including phenoxy) is 1. The smallest absolute Gasteiger partial charge is 0.418 e. The molecule has 0 unspecified atom stereocenters. The zero-order chi connectivity index (χ0) is 20.0. The second-order valence-corrected chi connectivity index (χ2v) is 8.66. The third kappa shape index (κ3) is 4.90. The van der Waals surface area contributed by atoms with E-state index < -0.39 is 17.3 Å². The van der Waals surface area contributed by atoms with Crippen molar-refractivity contribution in [1.29, 1.82) is 0 Å². The van der Waals surface area contributed by atoms with E-state index in [1.165, 1.54) is 6.92 Å². The van der Waals surface area contributed by atoms with Gasteiger partial charge in [0.15, 0.2) is 0 Å². The molecule has 1 aliphatic heterocycles. The van der Waals surface area contributed by atoms with Crippen LogP contribution < -0.4 is 0 Å². The van der Waals surface area contributed by atoms with Crippen LogP contribution in [0.5, 0.6) is 0 Å². The second-order valence-electron chi connectivity index (χ2n) is 8.66. The van der Waals surface area contributed by atoms with E-state index >= 15 is 0 Å². The van der Waals surface area contributed by atoms with E-state index in [-0.39, 0.29) is 29.9 Å². The Bertz CT molecular complexity index is 715. The van der Waals surface area contributed by atoms with Gasteiger partial charge in [0, 0.05) is 12.6 Å². The van der Waals surface area contributed by atoms with Crippen LogP contribution in [-0.4, -0.2) is 39.4 Å². The van der Waals surface area contributed by atoms with Crippen LogP contribution in [0.3, 0.4) is 0 Å². The molecule has 2 fully saturated rings. The summed E-state index contributed by atoms with van der Waals surface area (Å²) in [4.78, 5) is 14.3. The topological polar surface area (TPSA) is 55.3 Å². The molecule has 2 heterocycles. The summed E-state index contributed by atoms with van der Waals surface area (Å²) in [6, 6.07) is 0.902. The van der Waals surface area contributed by atoms with E-state index in [4.69, 9.17) is 4.74 Å². The van der Waals surface area contributed by atoms with Gasteiger partial charge in [-0.3, -0.25) is 0 Å². The Morgan fingerprint density at radius 3 is 2.56 bits per heavy atom. The number of hydrogen-bond donors (Lipinski definition) is 0. The van der Waals surface area contributed by atoms with Crippen molar-refractivity contribution < 1.29 is 22.7 Å². The van der Waals surface area contributed by atoms with Crippen molar-refractivity contribution in [3.63, 3.8) is 0 Å². The molecular formula is C19H26F3N3O2. The van der Waals surface area contributed by atoms with Crippen LogP contribution in [0, 0.1) is 18.8 Å². The lowest BCUT2D eigenvalue weighted by atomic mass is 9.96. The van der Waals surface area contributed by atoms with Gasteiger partial charge in [-0.25, -0.2) is 4.79 Å². The van der Waals surface area contributed by atoms with Crippen molar-refractivity contribution in [1.82, 2.24) is 15.1 Å². The maximum absolute atomic E-state index is 13.3. The van der Waals surface area contributed by atoms with Gasteiger partial charge in [0.25, 0.3) is 0 Å². The maximum Gasteiger partial charge on any atom is 0.418 e. The number of amides is 1. The summed E-state index contributed by atoms with van der Waals surface area (Å²) >= 11 is 0. The normalized spacial score (nSPS) is 25.1. The van der Waals surface area contributed by atoms with Crippen LogP contribution in [0.2, 0.25) is 0 Å². The van der Waals surface area contributed by atoms with Crippen LogP contribution in [0.1, 0.15) is 57.0 Å². The van der Waals surface area contributed by atoms with Gasteiger partial charge in [-0.05, 0) is 71.3 Å². The first kappa shape index (κ1) is 19.9. The number of alkyl halides is 3. The first-order valence-corrected chi connectivity index (χ1v) is 9.34. The monoisotopic (exact) mass is 385 g/mol. The molecule has 1 aliphatic carbocycles. The van der Waals surface area contributed by atoms with Crippen LogP contribution in [0.4, 0.5) is 18.0 Å². The highest BCUT2D eigenvalue weighted by atomic mass is 19.4. The van der Waals surface area contributed by atoms with Crippen LogP contribution in [0.15, 0.2) is 6.07 Å². The fraction of sp³-hybridized carbons (Fsp3) is 0.737. The maximum atomic E-state index is 13.3. The first-order valence-electron chi connectivity index (χ1n) is 9.34. The summed E-state index contributed by atoms with van der Waals surface area (Å²) < 4.78 is 45.4. The van der Waals surface area contributed by atoms with Crippen molar-refractivity contribution in [3.8, 4) is 0 Å². The average molecular weight is 385 g/mol. The van der Waals surface area contributed by atoms with E-state index in [0.29, 0.717) is 24.8 Å². The minimum Gasteiger partial charge on any atom is -0.444 e. The molecule has 3 atom stereocenters. The Morgan fingerprint density at radius 1 is 1.22 bits per heavy atom. The van der Waals surface area contributed by atoms with Crippen LogP contribution in [0.25, 0.3) is 0 Å². The van der Waals surface area contributed by atoms with Crippen molar-refractivity contribution in [3.05, 3.63) is 23.0 Å². The zero-order valence-corrected chi connectivity index (χ0v) is 16.1. The number of hydrogen-bond acceptors (Lipinski definition) is 4. The van der Waals surface area contributed by atoms with Crippen molar-refractivity contribution in [2.24, 2.45) is 11.8 Å². The van der Waals surface area contributed by atoms with Gasteiger partial charge in [0.05, 0.1) is 17.0 Å². The Balaban J connectivity index is 1.73. The van der Waals surface area contributed by atoms with Gasteiger partial charge in [-0.2, -0.15) is 23.4 Å². The minimum atomic E-state index is -4.46. The van der Waals surface area contributed by atoms with E-state index in [9.17, 15) is 18.0 Å². The lowest BCUT2D eigenvalue weighted by Gasteiger charge is -2.36.